The summed E-state index contributed by atoms with van der Waals surface area (Å²) in [7, 11) is 0. The molecule has 0 spiro atoms. The molecule has 0 bridgehead atoms. The molecule has 1 aliphatic carbocycles. The Morgan fingerprint density at radius 1 is 1.09 bits per heavy atom. The summed E-state index contributed by atoms with van der Waals surface area (Å²) >= 11 is 0. The molecule has 2 saturated heterocycles. The average molecular weight is 761 g/mol. The number of carbonyl (C=O) groups is 3. The molecule has 0 aromatic rings. The van der Waals surface area contributed by atoms with E-state index >= 15 is 0 Å². The SMILES string of the molecule is CCC(O)C(C)C1OC1CC(C)(O)C=CC=C(C)C1OC(=O)CC(O)CCC(C)(OC(=O)N2CCN(C3CCCCCC3)CC2)C(OC(C)=O)C=CC1C. The summed E-state index contributed by atoms with van der Waals surface area (Å²) in [5.41, 5.74) is -1.80. The Kier molecular flexibility index (Phi) is 16.2. The van der Waals surface area contributed by atoms with E-state index in [2.05, 4.69) is 4.90 Å². The molecule has 12 nitrogen and oxygen atoms in total. The van der Waals surface area contributed by atoms with Crippen molar-refractivity contribution in [1.82, 2.24) is 9.80 Å². The Labute approximate surface area is 322 Å². The van der Waals surface area contributed by atoms with Crippen LogP contribution in [0.2, 0.25) is 0 Å². The number of epoxide rings is 1. The van der Waals surface area contributed by atoms with Crippen LogP contribution >= 0.6 is 0 Å². The van der Waals surface area contributed by atoms with Gasteiger partial charge in [-0.3, -0.25) is 14.5 Å². The van der Waals surface area contributed by atoms with Gasteiger partial charge in [0.05, 0.1) is 36.4 Å². The maximum absolute atomic E-state index is 13.7. The number of ether oxygens (including phenoxy) is 4. The zero-order chi connectivity index (χ0) is 39.6. The standard InChI is InChI=1S/C42H68N2O10/c1-8-34(47)30(4)39-35(52-39)27-41(6,50)20-13-14-28(2)38-29(3)17-18-36(51-31(5)45)42(7,21-19-33(46)26-37(48)53-38)54-40(49)44-24-22-43(23-25-44)32-15-11-9-10-12-16-32/h13-14,17-18,20,29-30,32-36,38-39,46-47,50H,8-12,15-16,19,21-27H2,1-7H3. The van der Waals surface area contributed by atoms with Gasteiger partial charge in [0.15, 0.2) is 11.7 Å². The summed E-state index contributed by atoms with van der Waals surface area (Å²) in [4.78, 5) is 43.4. The number of esters is 2. The number of hydrogen-bond acceptors (Lipinski definition) is 11. The van der Waals surface area contributed by atoms with Crippen LogP contribution in [0.15, 0.2) is 36.0 Å². The van der Waals surface area contributed by atoms with Crippen molar-refractivity contribution in [3.8, 4) is 0 Å². The summed E-state index contributed by atoms with van der Waals surface area (Å²) in [5, 5.41) is 32.2. The van der Waals surface area contributed by atoms with Crippen LogP contribution in [-0.2, 0) is 28.5 Å². The highest BCUT2D eigenvalue weighted by atomic mass is 16.6. The summed E-state index contributed by atoms with van der Waals surface area (Å²) in [6, 6.07) is 0.558. The molecule has 10 unspecified atom stereocenters. The molecular weight excluding hydrogens is 692 g/mol. The fraction of sp³-hybridized carbons (Fsp3) is 0.786. The Balaban J connectivity index is 1.47. The minimum atomic E-state index is -1.33. The number of aliphatic hydroxyl groups excluding tert-OH is 2. The van der Waals surface area contributed by atoms with E-state index in [4.69, 9.17) is 18.9 Å². The van der Waals surface area contributed by atoms with Gasteiger partial charge in [0.2, 0.25) is 0 Å². The van der Waals surface area contributed by atoms with Gasteiger partial charge in [-0.2, -0.15) is 0 Å². The molecule has 3 N–H and O–H groups in total. The number of aliphatic hydroxyl groups is 3. The number of allylic oxidation sites excluding steroid dienone is 2. The van der Waals surface area contributed by atoms with Gasteiger partial charge in [-0.25, -0.2) is 4.79 Å². The third-order valence-corrected chi connectivity index (χ3v) is 11.9. The van der Waals surface area contributed by atoms with E-state index in [1.165, 1.54) is 45.4 Å². The quantitative estimate of drug-likeness (QED) is 0.0600. The second kappa shape index (κ2) is 19.9. The summed E-state index contributed by atoms with van der Waals surface area (Å²) in [5.74, 6) is -1.54. The molecule has 54 heavy (non-hydrogen) atoms. The Hall–Kier alpha value is -2.77. The van der Waals surface area contributed by atoms with Crippen molar-refractivity contribution in [2.24, 2.45) is 11.8 Å². The first-order chi connectivity index (χ1) is 25.5. The van der Waals surface area contributed by atoms with E-state index in [-0.39, 0.29) is 37.4 Å². The van der Waals surface area contributed by atoms with Gasteiger partial charge in [-0.05, 0) is 64.5 Å². The second-order valence-corrected chi connectivity index (χ2v) is 16.7. The van der Waals surface area contributed by atoms with Crippen LogP contribution in [0.4, 0.5) is 4.79 Å². The zero-order valence-corrected chi connectivity index (χ0v) is 33.8. The predicted octanol–water partition coefficient (Wildman–Crippen LogP) is 5.62. The first kappa shape index (κ1) is 44.0. The molecule has 12 heteroatoms. The van der Waals surface area contributed by atoms with Crippen LogP contribution in [0.1, 0.15) is 119 Å². The van der Waals surface area contributed by atoms with E-state index < -0.39 is 59.6 Å². The number of piperazine rings is 1. The third kappa shape index (κ3) is 12.9. The highest BCUT2D eigenvalue weighted by molar-refractivity contribution is 5.71. The van der Waals surface area contributed by atoms with Crippen molar-refractivity contribution in [3.05, 3.63) is 36.0 Å². The van der Waals surface area contributed by atoms with Gasteiger partial charge >= 0.3 is 18.0 Å². The lowest BCUT2D eigenvalue weighted by molar-refractivity contribution is -0.158. The van der Waals surface area contributed by atoms with Gasteiger partial charge < -0.3 is 39.2 Å². The number of cyclic esters (lactones) is 1. The topological polar surface area (TPSA) is 159 Å². The first-order valence-corrected chi connectivity index (χ1v) is 20.4. The van der Waals surface area contributed by atoms with E-state index in [1.54, 1.807) is 49.1 Å². The lowest BCUT2D eigenvalue weighted by Crippen LogP contribution is -2.54. The molecule has 0 aromatic carbocycles. The molecule has 10 atom stereocenters. The van der Waals surface area contributed by atoms with E-state index in [0.29, 0.717) is 37.5 Å². The van der Waals surface area contributed by atoms with Crippen molar-refractivity contribution in [2.75, 3.05) is 26.2 Å². The maximum atomic E-state index is 13.7. The fourth-order valence-corrected chi connectivity index (χ4v) is 8.24. The summed E-state index contributed by atoms with van der Waals surface area (Å²) < 4.78 is 23.7. The number of rotatable bonds is 11. The number of hydrogen-bond donors (Lipinski definition) is 3. The molecule has 3 aliphatic heterocycles. The van der Waals surface area contributed by atoms with Gasteiger partial charge in [0.25, 0.3) is 0 Å². The molecule has 3 fully saturated rings. The maximum Gasteiger partial charge on any atom is 0.410 e. The van der Waals surface area contributed by atoms with Crippen LogP contribution < -0.4 is 0 Å². The highest BCUT2D eigenvalue weighted by Crippen LogP contribution is 2.38. The normalized spacial score (nSPS) is 33.4. The molecule has 3 heterocycles. The molecule has 306 valence electrons. The molecule has 4 aliphatic rings. The lowest BCUT2D eigenvalue weighted by Gasteiger charge is -2.41. The average Bonchev–Trinajstić information content (AvgIpc) is 3.93. The van der Waals surface area contributed by atoms with Crippen molar-refractivity contribution >= 4 is 18.0 Å². The monoisotopic (exact) mass is 760 g/mol. The van der Waals surface area contributed by atoms with Gasteiger partial charge in [-0.15, -0.1) is 0 Å². The van der Waals surface area contributed by atoms with Crippen LogP contribution in [0.3, 0.4) is 0 Å². The van der Waals surface area contributed by atoms with E-state index in [9.17, 15) is 29.7 Å². The zero-order valence-electron chi connectivity index (χ0n) is 33.8. The molecule has 0 aromatic heterocycles. The van der Waals surface area contributed by atoms with Crippen molar-refractivity contribution in [2.45, 2.75) is 173 Å². The van der Waals surface area contributed by atoms with Crippen LogP contribution in [0.25, 0.3) is 0 Å². The molecule has 1 amide bonds. The molecule has 0 radical (unpaired) electrons. The second-order valence-electron chi connectivity index (χ2n) is 16.7. The minimum absolute atomic E-state index is 0.0207. The van der Waals surface area contributed by atoms with Crippen LogP contribution in [0.5, 0.6) is 0 Å². The fourth-order valence-electron chi connectivity index (χ4n) is 8.24. The van der Waals surface area contributed by atoms with Gasteiger partial charge in [-0.1, -0.05) is 70.8 Å². The Bertz CT molecular complexity index is 1330. The smallest absolute Gasteiger partial charge is 0.410 e. The van der Waals surface area contributed by atoms with Crippen molar-refractivity contribution in [1.29, 1.82) is 0 Å². The minimum Gasteiger partial charge on any atom is -0.457 e. The number of carbonyl (C=O) groups excluding carboxylic acids is 3. The molecular formula is C42H68N2O10. The van der Waals surface area contributed by atoms with Crippen LogP contribution in [0, 0.1) is 11.8 Å². The van der Waals surface area contributed by atoms with E-state index in [0.717, 1.165) is 13.1 Å². The molecule has 1 saturated carbocycles. The summed E-state index contributed by atoms with van der Waals surface area (Å²) in [6.45, 7) is 14.9. The number of amides is 1. The number of nitrogens with zero attached hydrogens (tertiary/aromatic N) is 2. The predicted molar refractivity (Wildman–Crippen MR) is 205 cm³/mol. The highest BCUT2D eigenvalue weighted by Gasteiger charge is 2.47. The van der Waals surface area contributed by atoms with Crippen LogP contribution in [-0.4, -0.2) is 123 Å². The lowest BCUT2D eigenvalue weighted by atomic mass is 9.88. The van der Waals surface area contributed by atoms with Crippen molar-refractivity contribution < 1.29 is 48.7 Å². The van der Waals surface area contributed by atoms with Gasteiger partial charge in [0.1, 0.15) is 6.10 Å². The Morgan fingerprint density at radius 3 is 2.39 bits per heavy atom. The molecule has 4 rings (SSSR count). The largest absolute Gasteiger partial charge is 0.457 e. The van der Waals surface area contributed by atoms with E-state index in [1.807, 2.05) is 27.7 Å². The Morgan fingerprint density at radius 2 is 1.76 bits per heavy atom. The van der Waals surface area contributed by atoms with Gasteiger partial charge in [0, 0.05) is 57.4 Å². The third-order valence-electron chi connectivity index (χ3n) is 11.9. The van der Waals surface area contributed by atoms with Crippen molar-refractivity contribution in [3.63, 3.8) is 0 Å². The summed E-state index contributed by atoms with van der Waals surface area (Å²) in [6.07, 6.45) is 13.2. The first-order valence-electron chi connectivity index (χ1n) is 20.4.